The number of thioether (sulfide) groups is 1. The molecule has 1 aromatic rings. The van der Waals surface area contributed by atoms with Gasteiger partial charge in [-0.3, -0.25) is 4.79 Å². The predicted molar refractivity (Wildman–Crippen MR) is 77.5 cm³/mol. The van der Waals surface area contributed by atoms with Gasteiger partial charge in [-0.05, 0) is 25.7 Å². The van der Waals surface area contributed by atoms with Gasteiger partial charge in [0.1, 0.15) is 5.82 Å². The third kappa shape index (κ3) is 3.16. The van der Waals surface area contributed by atoms with Crippen LogP contribution in [0.1, 0.15) is 66.8 Å². The Bertz CT molecular complexity index is 469. The maximum atomic E-state index is 11.7. The van der Waals surface area contributed by atoms with E-state index in [0.29, 0.717) is 6.42 Å². The molecule has 0 spiro atoms. The van der Waals surface area contributed by atoms with Crippen molar-refractivity contribution in [1.82, 2.24) is 9.97 Å². The minimum Gasteiger partial charge on any atom is -0.294 e. The van der Waals surface area contributed by atoms with Gasteiger partial charge in [-0.25, -0.2) is 9.97 Å². The topological polar surface area (TPSA) is 42.9 Å². The molecule has 0 atom stereocenters. The fourth-order valence-electron chi connectivity index (χ4n) is 2.93. The predicted octanol–water partition coefficient (Wildman–Crippen LogP) is 3.56. The Balaban J connectivity index is 1.63. The average molecular weight is 276 g/mol. The number of ketones is 1. The summed E-state index contributed by atoms with van der Waals surface area (Å²) in [7, 11) is 0. The van der Waals surface area contributed by atoms with Gasteiger partial charge < -0.3 is 0 Å². The Labute approximate surface area is 118 Å². The van der Waals surface area contributed by atoms with Gasteiger partial charge in [-0.1, -0.05) is 19.3 Å². The Morgan fingerprint density at radius 1 is 1.16 bits per heavy atom. The first-order valence-corrected chi connectivity index (χ1v) is 8.37. The van der Waals surface area contributed by atoms with Crippen molar-refractivity contribution in [3.8, 4) is 0 Å². The molecule has 0 amide bonds. The number of carbonyl (C=O) groups is 1. The third-order valence-electron chi connectivity index (χ3n) is 4.04. The second kappa shape index (κ2) is 6.04. The van der Waals surface area contributed by atoms with Crippen molar-refractivity contribution in [3.05, 3.63) is 23.3 Å². The first-order valence-electron chi connectivity index (χ1n) is 7.32. The largest absolute Gasteiger partial charge is 0.294 e. The van der Waals surface area contributed by atoms with E-state index in [4.69, 9.17) is 0 Å². The van der Waals surface area contributed by atoms with Gasteiger partial charge in [0.2, 0.25) is 0 Å². The standard InChI is InChI=1S/C15H20N2OS/c18-14-8-4-7-13-12(14)9-16-15(17-13)10-19-11-5-2-1-3-6-11/h9,11H,1-8,10H2. The zero-order chi connectivity index (χ0) is 13.1. The van der Waals surface area contributed by atoms with E-state index >= 15 is 0 Å². The van der Waals surface area contributed by atoms with Gasteiger partial charge in [-0.15, -0.1) is 0 Å². The maximum Gasteiger partial charge on any atom is 0.166 e. The van der Waals surface area contributed by atoms with Crippen LogP contribution in [0.15, 0.2) is 6.20 Å². The monoisotopic (exact) mass is 276 g/mol. The number of carbonyl (C=O) groups excluding carboxylic acids is 1. The highest BCUT2D eigenvalue weighted by Crippen LogP contribution is 2.30. The van der Waals surface area contributed by atoms with Crippen LogP contribution in [0.25, 0.3) is 0 Å². The minimum absolute atomic E-state index is 0.215. The molecule has 0 bridgehead atoms. The van der Waals surface area contributed by atoms with Crippen molar-refractivity contribution in [2.75, 3.05) is 0 Å². The van der Waals surface area contributed by atoms with Crippen molar-refractivity contribution in [1.29, 1.82) is 0 Å². The Morgan fingerprint density at radius 2 is 2.00 bits per heavy atom. The zero-order valence-corrected chi connectivity index (χ0v) is 12.0. The van der Waals surface area contributed by atoms with Gasteiger partial charge in [0.15, 0.2) is 5.78 Å². The second-order valence-electron chi connectivity index (χ2n) is 5.49. The zero-order valence-electron chi connectivity index (χ0n) is 11.2. The smallest absolute Gasteiger partial charge is 0.166 e. The van der Waals surface area contributed by atoms with E-state index in [1.807, 2.05) is 11.8 Å². The van der Waals surface area contributed by atoms with Crippen molar-refractivity contribution >= 4 is 17.5 Å². The van der Waals surface area contributed by atoms with E-state index in [0.717, 1.165) is 40.9 Å². The van der Waals surface area contributed by atoms with Crippen LogP contribution in [-0.4, -0.2) is 21.0 Å². The van der Waals surface area contributed by atoms with Gasteiger partial charge in [0.25, 0.3) is 0 Å². The molecule has 0 aromatic carbocycles. The van der Waals surface area contributed by atoms with Gasteiger partial charge in [0, 0.05) is 17.9 Å². The van der Waals surface area contributed by atoms with Crippen LogP contribution < -0.4 is 0 Å². The molecule has 1 fully saturated rings. The summed E-state index contributed by atoms with van der Waals surface area (Å²) in [6.07, 6.45) is 11.1. The lowest BCUT2D eigenvalue weighted by Crippen LogP contribution is -2.15. The Hall–Kier alpha value is -0.900. The molecule has 0 N–H and O–H groups in total. The number of nitrogens with zero attached hydrogens (tertiary/aromatic N) is 2. The van der Waals surface area contributed by atoms with Crippen molar-refractivity contribution in [3.63, 3.8) is 0 Å². The third-order valence-corrected chi connectivity index (χ3v) is 5.40. The fraction of sp³-hybridized carbons (Fsp3) is 0.667. The molecule has 3 nitrogen and oxygen atoms in total. The number of rotatable bonds is 3. The van der Waals surface area contributed by atoms with Crippen LogP contribution in [0.3, 0.4) is 0 Å². The normalized spacial score (nSPS) is 20.3. The molecule has 2 aliphatic rings. The summed E-state index contributed by atoms with van der Waals surface area (Å²) in [4.78, 5) is 20.7. The van der Waals surface area contributed by atoms with E-state index < -0.39 is 0 Å². The molecule has 19 heavy (non-hydrogen) atoms. The van der Waals surface area contributed by atoms with E-state index in [-0.39, 0.29) is 5.78 Å². The summed E-state index contributed by atoms with van der Waals surface area (Å²) in [5.41, 5.74) is 1.74. The lowest BCUT2D eigenvalue weighted by molar-refractivity contribution is 0.0971. The van der Waals surface area contributed by atoms with Crippen LogP contribution in [0, 0.1) is 0 Å². The number of aromatic nitrogens is 2. The number of hydrogen-bond donors (Lipinski definition) is 0. The maximum absolute atomic E-state index is 11.7. The molecule has 4 heteroatoms. The summed E-state index contributed by atoms with van der Waals surface area (Å²) in [6.45, 7) is 0. The minimum atomic E-state index is 0.215. The van der Waals surface area contributed by atoms with E-state index in [1.165, 1.54) is 32.1 Å². The van der Waals surface area contributed by atoms with E-state index in [2.05, 4.69) is 9.97 Å². The highest BCUT2D eigenvalue weighted by molar-refractivity contribution is 7.99. The van der Waals surface area contributed by atoms with Crippen molar-refractivity contribution < 1.29 is 4.79 Å². The molecule has 2 aliphatic carbocycles. The molecule has 0 aliphatic heterocycles. The number of aryl methyl sites for hydroxylation is 1. The summed E-state index contributed by atoms with van der Waals surface area (Å²) in [5, 5.41) is 0.787. The number of hydrogen-bond acceptors (Lipinski definition) is 4. The first-order chi connectivity index (χ1) is 9.33. The van der Waals surface area contributed by atoms with Crippen LogP contribution in [-0.2, 0) is 12.2 Å². The molecule has 1 saturated carbocycles. The van der Waals surface area contributed by atoms with E-state index in [1.54, 1.807) is 6.20 Å². The summed E-state index contributed by atoms with van der Waals surface area (Å²) in [6, 6.07) is 0. The lowest BCUT2D eigenvalue weighted by atomic mass is 9.96. The van der Waals surface area contributed by atoms with Gasteiger partial charge >= 0.3 is 0 Å². The summed E-state index contributed by atoms with van der Waals surface area (Å²) < 4.78 is 0. The molecule has 0 unspecified atom stereocenters. The average Bonchev–Trinajstić information content (AvgIpc) is 2.46. The fourth-order valence-corrected chi connectivity index (χ4v) is 4.12. The number of Topliss-reactive ketones (excluding diaryl/α,β-unsaturated/α-hetero) is 1. The highest BCUT2D eigenvalue weighted by atomic mass is 32.2. The SMILES string of the molecule is O=C1CCCc2nc(CSC3CCCCC3)ncc21. The van der Waals surface area contributed by atoms with Crippen molar-refractivity contribution in [2.45, 2.75) is 62.4 Å². The Morgan fingerprint density at radius 3 is 2.84 bits per heavy atom. The molecular weight excluding hydrogens is 256 g/mol. The van der Waals surface area contributed by atoms with Crippen LogP contribution in [0.4, 0.5) is 0 Å². The van der Waals surface area contributed by atoms with E-state index in [9.17, 15) is 4.79 Å². The highest BCUT2D eigenvalue weighted by Gasteiger charge is 2.20. The Kier molecular flexibility index (Phi) is 4.16. The molecular formula is C15H20N2OS. The van der Waals surface area contributed by atoms with Crippen LogP contribution in [0.2, 0.25) is 0 Å². The summed E-state index contributed by atoms with van der Waals surface area (Å²) >= 11 is 1.99. The van der Waals surface area contributed by atoms with Gasteiger partial charge in [0.05, 0.1) is 17.0 Å². The summed E-state index contributed by atoms with van der Waals surface area (Å²) in [5.74, 6) is 2.02. The lowest BCUT2D eigenvalue weighted by Gasteiger charge is -2.20. The van der Waals surface area contributed by atoms with Crippen molar-refractivity contribution in [2.24, 2.45) is 0 Å². The first kappa shape index (κ1) is 13.1. The van der Waals surface area contributed by atoms with Crippen LogP contribution >= 0.6 is 11.8 Å². The van der Waals surface area contributed by atoms with Gasteiger partial charge in [-0.2, -0.15) is 11.8 Å². The molecule has 1 heterocycles. The molecule has 0 saturated heterocycles. The quantitative estimate of drug-likeness (QED) is 0.846. The van der Waals surface area contributed by atoms with Crippen LogP contribution in [0.5, 0.6) is 0 Å². The molecule has 0 radical (unpaired) electrons. The molecule has 3 rings (SSSR count). The molecule has 1 aromatic heterocycles. The molecule has 102 valence electrons. The number of fused-ring (bicyclic) bond motifs is 1. The second-order valence-corrected chi connectivity index (χ2v) is 6.78.